The number of nitrogens with zero attached hydrogens (tertiary/aromatic N) is 2. The molecule has 1 N–H and O–H groups in total. The van der Waals surface area contributed by atoms with Crippen LogP contribution in [0.1, 0.15) is 46.9 Å². The third-order valence-corrected chi connectivity index (χ3v) is 6.83. The van der Waals surface area contributed by atoms with Gasteiger partial charge in [-0.3, -0.25) is 14.5 Å². The maximum Gasteiger partial charge on any atom is 0.338 e. The van der Waals surface area contributed by atoms with Gasteiger partial charge in [-0.05, 0) is 62.7 Å². The van der Waals surface area contributed by atoms with Crippen molar-refractivity contribution in [3.05, 3.63) is 94.6 Å². The van der Waals surface area contributed by atoms with Crippen molar-refractivity contribution in [2.45, 2.75) is 32.9 Å². The van der Waals surface area contributed by atoms with Gasteiger partial charge in [0, 0.05) is 18.3 Å². The van der Waals surface area contributed by atoms with Crippen LogP contribution in [0, 0.1) is 6.92 Å². The third kappa shape index (κ3) is 4.85. The highest BCUT2D eigenvalue weighted by atomic mass is 16.5. The maximum atomic E-state index is 13.6. The van der Waals surface area contributed by atoms with Gasteiger partial charge in [-0.25, -0.2) is 4.79 Å². The topological polar surface area (TPSA) is 96.4 Å². The Kier molecular flexibility index (Phi) is 6.87. The molecule has 1 unspecified atom stereocenters. The highest BCUT2D eigenvalue weighted by molar-refractivity contribution is 6.51. The zero-order valence-electron chi connectivity index (χ0n) is 22.3. The summed E-state index contributed by atoms with van der Waals surface area (Å²) in [6.45, 7) is 6.65. The molecule has 1 atom stereocenters. The number of rotatable bonds is 5. The number of anilines is 2. The number of aliphatic hydroxyl groups is 1. The van der Waals surface area contributed by atoms with E-state index in [9.17, 15) is 19.5 Å². The molecule has 0 bridgehead atoms. The standard InChI is InChI=1S/C31H30N2O6/c1-18(2)39-31(37)22-9-6-10-23(16-22)33-27(20-8-5-7-19(3)15-20)26(29(35)30(33)36)28(34)21-11-12-25-24(17-21)32(4)13-14-38-25/h5-12,15-18,27,34H,13-14H2,1-4H3/b28-26-. The number of hydrogen-bond acceptors (Lipinski definition) is 7. The molecule has 0 aliphatic carbocycles. The Balaban J connectivity index is 1.66. The van der Waals surface area contributed by atoms with Crippen molar-refractivity contribution in [1.82, 2.24) is 0 Å². The number of Topliss-reactive ketones (excluding diaryl/α,β-unsaturated/α-hetero) is 1. The third-order valence-electron chi connectivity index (χ3n) is 6.83. The van der Waals surface area contributed by atoms with E-state index in [1.165, 1.54) is 11.0 Å². The van der Waals surface area contributed by atoms with E-state index in [-0.39, 0.29) is 23.0 Å². The molecule has 1 fully saturated rings. The second-order valence-corrected chi connectivity index (χ2v) is 10.0. The van der Waals surface area contributed by atoms with Crippen LogP contribution in [0.5, 0.6) is 5.75 Å². The molecule has 0 aromatic heterocycles. The summed E-state index contributed by atoms with van der Waals surface area (Å²) in [7, 11) is 1.92. The minimum absolute atomic E-state index is 0.0277. The summed E-state index contributed by atoms with van der Waals surface area (Å²) >= 11 is 0. The van der Waals surface area contributed by atoms with E-state index in [0.717, 1.165) is 11.3 Å². The van der Waals surface area contributed by atoms with E-state index in [0.29, 0.717) is 35.7 Å². The number of fused-ring (bicyclic) bond motifs is 1. The minimum atomic E-state index is -0.911. The molecule has 2 aliphatic rings. The van der Waals surface area contributed by atoms with Gasteiger partial charge in [0.25, 0.3) is 11.7 Å². The first-order valence-electron chi connectivity index (χ1n) is 12.8. The number of esters is 1. The Bertz CT molecular complexity index is 1510. The molecule has 8 heteroatoms. The largest absolute Gasteiger partial charge is 0.507 e. The second kappa shape index (κ2) is 10.3. The van der Waals surface area contributed by atoms with Crippen molar-refractivity contribution in [3.63, 3.8) is 0 Å². The molecule has 5 rings (SSSR count). The zero-order chi connectivity index (χ0) is 27.8. The van der Waals surface area contributed by atoms with Gasteiger partial charge < -0.3 is 19.5 Å². The van der Waals surface area contributed by atoms with Gasteiger partial charge in [-0.1, -0.05) is 35.9 Å². The summed E-state index contributed by atoms with van der Waals surface area (Å²) in [4.78, 5) is 43.1. The molecule has 2 aliphatic heterocycles. The van der Waals surface area contributed by atoms with Crippen LogP contribution < -0.4 is 14.5 Å². The van der Waals surface area contributed by atoms with Crippen LogP contribution >= 0.6 is 0 Å². The number of aliphatic hydroxyl groups excluding tert-OH is 1. The Morgan fingerprint density at radius 1 is 1.03 bits per heavy atom. The van der Waals surface area contributed by atoms with Crippen LogP contribution in [-0.4, -0.2) is 49.1 Å². The van der Waals surface area contributed by atoms with Crippen LogP contribution in [0.4, 0.5) is 11.4 Å². The molecule has 3 aromatic rings. The highest BCUT2D eigenvalue weighted by Crippen LogP contribution is 2.43. The number of hydrogen-bond donors (Lipinski definition) is 1. The minimum Gasteiger partial charge on any atom is -0.507 e. The number of aryl methyl sites for hydroxylation is 1. The molecule has 1 amide bonds. The summed E-state index contributed by atoms with van der Waals surface area (Å²) in [6.07, 6.45) is -0.316. The van der Waals surface area contributed by atoms with Gasteiger partial charge in [0.05, 0.1) is 35.5 Å². The average molecular weight is 527 g/mol. The van der Waals surface area contributed by atoms with E-state index >= 15 is 0 Å². The quantitative estimate of drug-likeness (QED) is 0.216. The van der Waals surface area contributed by atoms with Crippen molar-refractivity contribution in [1.29, 1.82) is 0 Å². The van der Waals surface area contributed by atoms with E-state index in [1.807, 2.05) is 43.1 Å². The van der Waals surface area contributed by atoms with E-state index < -0.39 is 23.7 Å². The normalized spacial score (nSPS) is 18.2. The predicted molar refractivity (Wildman–Crippen MR) is 148 cm³/mol. The first kappa shape index (κ1) is 26.0. The molecule has 0 radical (unpaired) electrons. The monoisotopic (exact) mass is 526 g/mol. The first-order chi connectivity index (χ1) is 18.7. The molecule has 3 aromatic carbocycles. The van der Waals surface area contributed by atoms with Crippen LogP contribution in [0.2, 0.25) is 0 Å². The number of ether oxygens (including phenoxy) is 2. The van der Waals surface area contributed by atoms with Gasteiger partial charge in [0.15, 0.2) is 0 Å². The Morgan fingerprint density at radius 2 is 1.79 bits per heavy atom. The summed E-state index contributed by atoms with van der Waals surface area (Å²) in [5.74, 6) is -1.73. The van der Waals surface area contributed by atoms with Crippen molar-refractivity contribution in [2.24, 2.45) is 0 Å². The molecule has 0 saturated carbocycles. The highest BCUT2D eigenvalue weighted by Gasteiger charge is 2.47. The smallest absolute Gasteiger partial charge is 0.338 e. The SMILES string of the molecule is Cc1cccc(C2/C(=C(/O)c3ccc4c(c3)N(C)CCO4)C(=O)C(=O)N2c2cccc(C(=O)OC(C)C)c2)c1. The predicted octanol–water partition coefficient (Wildman–Crippen LogP) is 5.02. The fourth-order valence-electron chi connectivity index (χ4n) is 4.97. The lowest BCUT2D eigenvalue weighted by molar-refractivity contribution is -0.132. The average Bonchev–Trinajstić information content (AvgIpc) is 3.18. The molecular weight excluding hydrogens is 496 g/mol. The lowest BCUT2D eigenvalue weighted by Crippen LogP contribution is -2.29. The van der Waals surface area contributed by atoms with Crippen LogP contribution in [0.25, 0.3) is 5.76 Å². The molecule has 2 heterocycles. The number of carbonyl (C=O) groups is 3. The van der Waals surface area contributed by atoms with Gasteiger partial charge in [0.1, 0.15) is 18.1 Å². The number of likely N-dealkylation sites (N-methyl/N-ethyl adjacent to an activating group) is 1. The molecule has 1 saturated heterocycles. The lowest BCUT2D eigenvalue weighted by Gasteiger charge is -2.28. The zero-order valence-corrected chi connectivity index (χ0v) is 22.3. The van der Waals surface area contributed by atoms with Crippen molar-refractivity contribution in [2.75, 3.05) is 30.0 Å². The fraction of sp³-hybridized carbons (Fsp3) is 0.258. The van der Waals surface area contributed by atoms with Gasteiger partial charge >= 0.3 is 5.97 Å². The van der Waals surface area contributed by atoms with Crippen molar-refractivity contribution in [3.8, 4) is 5.75 Å². The number of ketones is 1. The summed E-state index contributed by atoms with van der Waals surface area (Å²) in [6, 6.07) is 18.1. The van der Waals surface area contributed by atoms with Crippen LogP contribution in [0.15, 0.2) is 72.3 Å². The summed E-state index contributed by atoms with van der Waals surface area (Å²) in [5.41, 5.74) is 3.34. The van der Waals surface area contributed by atoms with Gasteiger partial charge in [-0.15, -0.1) is 0 Å². The van der Waals surface area contributed by atoms with Gasteiger partial charge in [-0.2, -0.15) is 0 Å². The number of amides is 1. The fourth-order valence-corrected chi connectivity index (χ4v) is 4.97. The number of benzene rings is 3. The Labute approximate surface area is 227 Å². The first-order valence-corrected chi connectivity index (χ1v) is 12.8. The van der Waals surface area contributed by atoms with E-state index in [2.05, 4.69) is 0 Å². The lowest BCUT2D eigenvalue weighted by atomic mass is 9.94. The molecular formula is C31H30N2O6. The molecule has 39 heavy (non-hydrogen) atoms. The van der Waals surface area contributed by atoms with Crippen LogP contribution in [-0.2, 0) is 14.3 Å². The Hall–Kier alpha value is -4.59. The summed E-state index contributed by atoms with van der Waals surface area (Å²) in [5, 5.41) is 11.6. The van der Waals surface area contributed by atoms with Crippen molar-refractivity contribution >= 4 is 34.8 Å². The van der Waals surface area contributed by atoms with E-state index in [1.54, 1.807) is 50.2 Å². The van der Waals surface area contributed by atoms with E-state index in [4.69, 9.17) is 9.47 Å². The molecule has 8 nitrogen and oxygen atoms in total. The van der Waals surface area contributed by atoms with Crippen LogP contribution in [0.3, 0.4) is 0 Å². The molecule has 200 valence electrons. The second-order valence-electron chi connectivity index (χ2n) is 10.0. The Morgan fingerprint density at radius 3 is 2.54 bits per heavy atom. The van der Waals surface area contributed by atoms with Crippen molar-refractivity contribution < 1.29 is 29.0 Å². The maximum absolute atomic E-state index is 13.6. The number of carbonyl (C=O) groups excluding carboxylic acids is 3. The van der Waals surface area contributed by atoms with Gasteiger partial charge in [0.2, 0.25) is 0 Å². The molecule has 0 spiro atoms. The summed E-state index contributed by atoms with van der Waals surface area (Å²) < 4.78 is 11.0.